The van der Waals surface area contributed by atoms with Crippen molar-refractivity contribution in [1.29, 1.82) is 0 Å². The molecule has 0 amide bonds. The van der Waals surface area contributed by atoms with E-state index < -0.39 is 0 Å². The molecule has 0 aliphatic rings. The second-order valence-electron chi connectivity index (χ2n) is 13.3. The zero-order valence-electron chi connectivity index (χ0n) is 29.7. The Morgan fingerprint density at radius 1 is 0.426 bits per heavy atom. The van der Waals surface area contributed by atoms with Crippen LogP contribution in [0.25, 0.3) is 88.4 Å². The monoisotopic (exact) mass is 692 g/mol. The highest BCUT2D eigenvalue weighted by atomic mass is 16.3. The van der Waals surface area contributed by atoms with Crippen molar-refractivity contribution in [3.63, 3.8) is 0 Å². The predicted molar refractivity (Wildman–Crippen MR) is 230 cm³/mol. The summed E-state index contributed by atoms with van der Waals surface area (Å²) < 4.78 is 12.6. The molecular formula is C52H36O2. The molecule has 256 valence electrons. The summed E-state index contributed by atoms with van der Waals surface area (Å²) in [6, 6.07) is 59.2. The number of rotatable bonds is 7. The average molecular weight is 693 g/mol. The predicted octanol–water partition coefficient (Wildman–Crippen LogP) is 14.9. The van der Waals surface area contributed by atoms with Gasteiger partial charge >= 0.3 is 0 Å². The number of allylic oxidation sites excluding steroid dienone is 6. The van der Waals surface area contributed by atoms with Crippen LogP contribution in [0, 0.1) is 0 Å². The summed E-state index contributed by atoms with van der Waals surface area (Å²) >= 11 is 0. The van der Waals surface area contributed by atoms with Crippen LogP contribution < -0.4 is 0 Å². The zero-order chi connectivity index (χ0) is 36.3. The SMILES string of the molecule is C=C(\C=C/C=C/C=C/c1oc2ccccc2c1-c1ccc2c(c1)oc1ccccc12)c1ccccccc(-c2ccc3ccccc3c2)c2ccccc12. The van der Waals surface area contributed by atoms with Crippen molar-refractivity contribution in [3.05, 3.63) is 218 Å². The van der Waals surface area contributed by atoms with Gasteiger partial charge in [-0.2, -0.15) is 0 Å². The molecular weight excluding hydrogens is 657 g/mol. The highest BCUT2D eigenvalue weighted by Crippen LogP contribution is 2.39. The van der Waals surface area contributed by atoms with Gasteiger partial charge in [-0.05, 0) is 85.8 Å². The molecule has 0 fully saturated rings. The van der Waals surface area contributed by atoms with Gasteiger partial charge in [-0.15, -0.1) is 0 Å². The lowest BCUT2D eigenvalue weighted by Crippen LogP contribution is -1.84. The maximum absolute atomic E-state index is 6.38. The lowest BCUT2D eigenvalue weighted by Gasteiger charge is -2.10. The van der Waals surface area contributed by atoms with Crippen molar-refractivity contribution < 1.29 is 8.83 Å². The molecule has 2 aromatic heterocycles. The molecule has 2 nitrogen and oxygen atoms in total. The van der Waals surface area contributed by atoms with Gasteiger partial charge in [-0.1, -0.05) is 176 Å². The summed E-state index contributed by atoms with van der Waals surface area (Å²) in [5.74, 6) is 0.795. The molecule has 0 aliphatic heterocycles. The van der Waals surface area contributed by atoms with E-state index in [1.54, 1.807) is 0 Å². The summed E-state index contributed by atoms with van der Waals surface area (Å²) in [6.07, 6.45) is 12.2. The molecule has 9 aromatic rings. The quantitative estimate of drug-likeness (QED) is 0.155. The topological polar surface area (TPSA) is 26.3 Å². The van der Waals surface area contributed by atoms with E-state index in [-0.39, 0.29) is 0 Å². The van der Waals surface area contributed by atoms with Crippen LogP contribution in [0.2, 0.25) is 0 Å². The van der Waals surface area contributed by atoms with Gasteiger partial charge in [0.25, 0.3) is 0 Å². The van der Waals surface area contributed by atoms with Gasteiger partial charge in [0.15, 0.2) is 0 Å². The third-order valence-electron chi connectivity index (χ3n) is 9.94. The molecule has 0 unspecified atom stereocenters. The van der Waals surface area contributed by atoms with Crippen LogP contribution in [0.4, 0.5) is 0 Å². The van der Waals surface area contributed by atoms with Crippen molar-refractivity contribution in [2.45, 2.75) is 0 Å². The second-order valence-corrected chi connectivity index (χ2v) is 13.3. The zero-order valence-corrected chi connectivity index (χ0v) is 29.7. The van der Waals surface area contributed by atoms with E-state index in [9.17, 15) is 0 Å². The smallest absolute Gasteiger partial charge is 0.136 e. The minimum absolute atomic E-state index is 0.795. The first-order chi connectivity index (χ1) is 26.7. The molecule has 2 heteroatoms. The molecule has 0 bridgehead atoms. The van der Waals surface area contributed by atoms with Crippen LogP contribution in [0.1, 0.15) is 11.3 Å². The molecule has 0 spiro atoms. The van der Waals surface area contributed by atoms with Gasteiger partial charge in [-0.25, -0.2) is 0 Å². The highest BCUT2D eigenvalue weighted by molar-refractivity contribution is 6.08. The Kier molecular flexibility index (Phi) is 8.76. The summed E-state index contributed by atoms with van der Waals surface area (Å²) in [7, 11) is 0. The number of hydrogen-bond donors (Lipinski definition) is 0. The van der Waals surface area contributed by atoms with E-state index in [0.717, 1.165) is 77.3 Å². The fourth-order valence-electron chi connectivity index (χ4n) is 7.35. The van der Waals surface area contributed by atoms with Gasteiger partial charge in [0.05, 0.1) is 0 Å². The fourth-order valence-corrected chi connectivity index (χ4v) is 7.35. The van der Waals surface area contributed by atoms with Crippen molar-refractivity contribution in [2.75, 3.05) is 0 Å². The van der Waals surface area contributed by atoms with Crippen LogP contribution in [-0.4, -0.2) is 0 Å². The van der Waals surface area contributed by atoms with Crippen molar-refractivity contribution in [1.82, 2.24) is 0 Å². The van der Waals surface area contributed by atoms with E-state index >= 15 is 0 Å². The first kappa shape index (κ1) is 32.7. The number of furan rings is 2. The minimum Gasteiger partial charge on any atom is -0.456 e. The van der Waals surface area contributed by atoms with Crippen LogP contribution in [-0.2, 0) is 0 Å². The number of benzene rings is 6. The average Bonchev–Trinajstić information content (AvgIpc) is 3.78. The Morgan fingerprint density at radius 3 is 1.91 bits per heavy atom. The summed E-state index contributed by atoms with van der Waals surface area (Å²) in [4.78, 5) is 0. The lowest BCUT2D eigenvalue weighted by molar-refractivity contribution is 0.605. The Balaban J connectivity index is 1.02. The number of para-hydroxylation sites is 2. The molecule has 9 rings (SSSR count). The minimum atomic E-state index is 0.795. The third-order valence-corrected chi connectivity index (χ3v) is 9.94. The first-order valence-corrected chi connectivity index (χ1v) is 18.2. The van der Waals surface area contributed by atoms with Crippen molar-refractivity contribution >= 4 is 66.1 Å². The van der Waals surface area contributed by atoms with Gasteiger partial charge in [0, 0.05) is 21.7 Å². The molecule has 54 heavy (non-hydrogen) atoms. The summed E-state index contributed by atoms with van der Waals surface area (Å²) in [6.45, 7) is 4.51. The van der Waals surface area contributed by atoms with Crippen LogP contribution >= 0.6 is 0 Å². The molecule has 0 saturated heterocycles. The molecule has 0 radical (unpaired) electrons. The number of hydrogen-bond acceptors (Lipinski definition) is 2. The van der Waals surface area contributed by atoms with Gasteiger partial charge in [-0.3, -0.25) is 0 Å². The van der Waals surface area contributed by atoms with Crippen molar-refractivity contribution in [3.8, 4) is 22.3 Å². The second kappa shape index (κ2) is 14.5. The van der Waals surface area contributed by atoms with E-state index in [1.807, 2.05) is 66.8 Å². The maximum atomic E-state index is 6.38. The van der Waals surface area contributed by atoms with E-state index in [1.165, 1.54) is 16.3 Å². The lowest BCUT2D eigenvalue weighted by atomic mass is 9.94. The van der Waals surface area contributed by atoms with Gasteiger partial charge in [0.2, 0.25) is 0 Å². The standard InChI is InChI=1S/C52H36O2/c1-36(41-21-7-3-4-8-22-42(44-24-13-12-23-43(41)44)39-31-30-37-19-10-11-20-38(37)34-39)18-6-2-5-9-29-50-52(47-26-15-17-28-49(47)53-50)40-32-33-46-45-25-14-16-27-48(45)54-51(46)35-40/h2-35H,1H2/b4-3?,5-2+,7-3?,8-4?,18-6-,21-7?,22-8?,29-9+,41-21?,42-22?,43-41?,44-42?. The Labute approximate surface area is 314 Å². The fraction of sp³-hybridized carbons (Fsp3) is 0. The maximum Gasteiger partial charge on any atom is 0.136 e. The molecule has 0 aliphatic carbocycles. The summed E-state index contributed by atoms with van der Waals surface area (Å²) in [5, 5.41) is 8.04. The van der Waals surface area contributed by atoms with Crippen LogP contribution in [0.15, 0.2) is 216 Å². The Bertz CT molecular complexity index is 3020. The van der Waals surface area contributed by atoms with Crippen LogP contribution in [0.5, 0.6) is 0 Å². The molecule has 2 heterocycles. The first-order valence-electron chi connectivity index (χ1n) is 18.2. The summed E-state index contributed by atoms with van der Waals surface area (Å²) in [5.41, 5.74) is 9.02. The van der Waals surface area contributed by atoms with Gasteiger partial charge < -0.3 is 8.83 Å². The van der Waals surface area contributed by atoms with E-state index in [0.29, 0.717) is 0 Å². The Hall–Kier alpha value is -7.16. The van der Waals surface area contributed by atoms with Crippen LogP contribution in [0.3, 0.4) is 0 Å². The Morgan fingerprint density at radius 2 is 1.06 bits per heavy atom. The molecule has 0 saturated carbocycles. The molecule has 7 aromatic carbocycles. The van der Waals surface area contributed by atoms with Gasteiger partial charge in [0.1, 0.15) is 22.5 Å². The largest absolute Gasteiger partial charge is 0.456 e. The normalized spacial score (nSPS) is 11.9. The van der Waals surface area contributed by atoms with E-state index in [4.69, 9.17) is 8.83 Å². The third kappa shape index (κ3) is 6.31. The van der Waals surface area contributed by atoms with E-state index in [2.05, 4.69) is 146 Å². The highest BCUT2D eigenvalue weighted by Gasteiger charge is 2.16. The molecule has 0 atom stereocenters. The van der Waals surface area contributed by atoms with Crippen molar-refractivity contribution in [2.24, 2.45) is 0 Å². The number of fused-ring (bicyclic) bond motifs is 6. The molecule has 0 N–H and O–H groups in total.